The van der Waals surface area contributed by atoms with Crippen molar-refractivity contribution in [2.75, 3.05) is 78.2 Å². The van der Waals surface area contributed by atoms with Crippen LogP contribution >= 0.6 is 0 Å². The van der Waals surface area contributed by atoms with Gasteiger partial charge in [-0.15, -0.1) is 0 Å². The third kappa shape index (κ3) is 15.9. The van der Waals surface area contributed by atoms with E-state index >= 15 is 0 Å². The Labute approximate surface area is 610 Å². The maximum atomic E-state index is 12.9. The first-order valence-corrected chi connectivity index (χ1v) is 32.6. The van der Waals surface area contributed by atoms with Gasteiger partial charge < -0.3 is 111 Å². The molecule has 0 saturated carbocycles. The molecule has 107 heavy (non-hydrogen) atoms. The van der Waals surface area contributed by atoms with Crippen LogP contribution in [0.25, 0.3) is 89.2 Å². The Morgan fingerprint density at radius 3 is 0.907 bits per heavy atom. The molecule has 0 radical (unpaired) electrons. The summed E-state index contributed by atoms with van der Waals surface area (Å²) in [5.74, 6) is 5.57. The molecule has 8 aromatic carbocycles. The lowest BCUT2D eigenvalue weighted by Crippen LogP contribution is -2.09. The van der Waals surface area contributed by atoms with Gasteiger partial charge in [0.05, 0.1) is 131 Å². The van der Waals surface area contributed by atoms with E-state index in [4.69, 9.17) is 69.8 Å². The van der Waals surface area contributed by atoms with E-state index in [-0.39, 0.29) is 138 Å². The standard InChI is InChI=1S/C21H22O7.2C20H20O7.C19H18O6/c1-11-5-6-12(7-16(11)25-2)17-8-15(24)18-19(26-3)13(9-22)14(10-23)20(27-4)21(18)28-17;1-24-12-6-4-11(5-7-12)16-8-15(23)17-18(25-2)13(9-21)14(10-22)19(26-3)20(17)27-16;1-24-15-5-4-11(6-17(15)25-2)16-8-14(23)19-18(27-16)7-12(9-21)13(10-22)20(19)26-3;1-23-13-5-3-11(4-6-13)16-8-15(22)18-17(25-16)7-12(9-20)14(10-21)19(18)24-2/h5-8,22-23H,9-10H2,1-4H3;2*4-8,21-22H,9-10H2,1-3H3;3-8,20-21H,9-10H2,1-2H3. The average molecular weight is 1470 g/mol. The number of hydrogen-bond acceptors (Lipinski definition) is 27. The molecule has 0 atom stereocenters. The van der Waals surface area contributed by atoms with Gasteiger partial charge in [-0.2, -0.15) is 0 Å². The Kier molecular flexibility index (Phi) is 26.4. The number of aliphatic hydroxyl groups is 8. The largest absolute Gasteiger partial charge is 0.497 e. The summed E-state index contributed by atoms with van der Waals surface area (Å²) < 4.78 is 82.0. The highest BCUT2D eigenvalue weighted by Gasteiger charge is 2.28. The van der Waals surface area contributed by atoms with E-state index in [0.29, 0.717) is 102 Å². The number of hydrogen-bond donors (Lipinski definition) is 8. The Hall–Kier alpha value is -11.9. The van der Waals surface area contributed by atoms with Gasteiger partial charge in [0.25, 0.3) is 0 Å². The summed E-state index contributed by atoms with van der Waals surface area (Å²) in [6.07, 6.45) is 0. The third-order valence-corrected chi connectivity index (χ3v) is 17.5. The molecule has 4 aromatic heterocycles. The predicted octanol–water partition coefficient (Wildman–Crippen LogP) is 10.2. The summed E-state index contributed by atoms with van der Waals surface area (Å²) in [4.78, 5) is 51.2. The van der Waals surface area contributed by atoms with Gasteiger partial charge >= 0.3 is 0 Å². The van der Waals surface area contributed by atoms with Crippen LogP contribution in [-0.2, 0) is 52.9 Å². The third-order valence-electron chi connectivity index (χ3n) is 17.5. The minimum absolute atomic E-state index is 0.141. The van der Waals surface area contributed by atoms with Crippen LogP contribution in [0.3, 0.4) is 0 Å². The average Bonchev–Trinajstić information content (AvgIpc) is 0.744. The monoisotopic (exact) mass is 1470 g/mol. The van der Waals surface area contributed by atoms with E-state index in [0.717, 1.165) is 11.1 Å². The van der Waals surface area contributed by atoms with Crippen LogP contribution in [-0.4, -0.2) is 119 Å². The second kappa shape index (κ2) is 35.7. The lowest BCUT2D eigenvalue weighted by atomic mass is 10.0. The molecular weight excluding hydrogens is 1390 g/mol. The predicted molar refractivity (Wildman–Crippen MR) is 396 cm³/mol. The van der Waals surface area contributed by atoms with E-state index < -0.39 is 26.4 Å². The van der Waals surface area contributed by atoms with Crippen LogP contribution in [0.15, 0.2) is 158 Å². The first kappa shape index (κ1) is 79.2. The van der Waals surface area contributed by atoms with Crippen molar-refractivity contribution in [3.05, 3.63) is 212 Å². The molecule has 0 unspecified atom stereocenters. The number of fused-ring (bicyclic) bond motifs is 4. The van der Waals surface area contributed by atoms with Crippen LogP contribution in [0.4, 0.5) is 0 Å². The quantitative estimate of drug-likeness (QED) is 0.0295. The van der Waals surface area contributed by atoms with Crippen LogP contribution < -0.4 is 73.8 Å². The zero-order chi connectivity index (χ0) is 77.5. The molecule has 0 saturated heterocycles. The normalized spacial score (nSPS) is 10.9. The number of methoxy groups -OCH3 is 11. The zero-order valence-corrected chi connectivity index (χ0v) is 60.5. The van der Waals surface area contributed by atoms with Gasteiger partial charge in [-0.25, -0.2) is 0 Å². The van der Waals surface area contributed by atoms with Crippen molar-refractivity contribution in [2.45, 2.75) is 59.8 Å². The highest BCUT2D eigenvalue weighted by Crippen LogP contribution is 2.44. The van der Waals surface area contributed by atoms with Gasteiger partial charge in [0, 0.05) is 79.9 Å². The highest BCUT2D eigenvalue weighted by molar-refractivity contribution is 5.94. The molecule has 0 bridgehead atoms. The van der Waals surface area contributed by atoms with Crippen molar-refractivity contribution in [3.63, 3.8) is 0 Å². The summed E-state index contributed by atoms with van der Waals surface area (Å²) in [5.41, 5.74) is 5.92. The van der Waals surface area contributed by atoms with E-state index in [9.17, 15) is 60.0 Å². The summed E-state index contributed by atoms with van der Waals surface area (Å²) in [5, 5.41) is 78.1. The van der Waals surface area contributed by atoms with Crippen molar-refractivity contribution < 1.29 is 111 Å². The molecule has 12 aromatic rings. The molecule has 0 amide bonds. The summed E-state index contributed by atoms with van der Waals surface area (Å²) in [7, 11) is 16.2. The minimum Gasteiger partial charge on any atom is -0.497 e. The fourth-order valence-corrected chi connectivity index (χ4v) is 12.3. The number of ether oxygens (including phenoxy) is 11. The van der Waals surface area contributed by atoms with Crippen molar-refractivity contribution in [2.24, 2.45) is 0 Å². The molecule has 0 aliphatic heterocycles. The fourth-order valence-electron chi connectivity index (χ4n) is 12.3. The lowest BCUT2D eigenvalue weighted by molar-refractivity contribution is 0.248. The van der Waals surface area contributed by atoms with E-state index in [1.807, 2.05) is 19.1 Å². The Morgan fingerprint density at radius 1 is 0.271 bits per heavy atom. The number of aryl methyl sites for hydroxylation is 1. The highest BCUT2D eigenvalue weighted by atomic mass is 16.5. The fraction of sp³-hybridized carbons (Fsp3) is 0.250. The van der Waals surface area contributed by atoms with Gasteiger partial charge in [-0.3, -0.25) is 19.2 Å². The number of aliphatic hydroxyl groups excluding tert-OH is 8. The van der Waals surface area contributed by atoms with E-state index in [2.05, 4.69) is 0 Å². The van der Waals surface area contributed by atoms with E-state index in [1.54, 1.807) is 100 Å². The van der Waals surface area contributed by atoms with Gasteiger partial charge in [0.15, 0.2) is 55.9 Å². The van der Waals surface area contributed by atoms with Gasteiger partial charge in [-0.1, -0.05) is 12.1 Å². The van der Waals surface area contributed by atoms with Crippen LogP contribution in [0.5, 0.6) is 63.2 Å². The van der Waals surface area contributed by atoms with Crippen LogP contribution in [0.2, 0.25) is 0 Å². The maximum absolute atomic E-state index is 12.9. The lowest BCUT2D eigenvalue weighted by Gasteiger charge is -2.18. The number of rotatable bonds is 23. The first-order chi connectivity index (χ1) is 51.8. The molecule has 12 rings (SSSR count). The number of benzene rings is 8. The molecule has 0 spiro atoms. The minimum atomic E-state index is -0.429. The summed E-state index contributed by atoms with van der Waals surface area (Å²) >= 11 is 0. The van der Waals surface area contributed by atoms with Gasteiger partial charge in [0.1, 0.15) is 96.0 Å². The summed E-state index contributed by atoms with van der Waals surface area (Å²) in [6.45, 7) is -1.13. The second-order valence-electron chi connectivity index (χ2n) is 23.2. The molecule has 562 valence electrons. The molecular formula is C80H80O27. The molecule has 27 nitrogen and oxygen atoms in total. The maximum Gasteiger partial charge on any atom is 0.197 e. The van der Waals surface area contributed by atoms with Gasteiger partial charge in [-0.05, 0) is 109 Å². The Balaban J connectivity index is 0.000000165. The van der Waals surface area contributed by atoms with E-state index in [1.165, 1.54) is 87.2 Å². The van der Waals surface area contributed by atoms with Crippen LogP contribution in [0.1, 0.15) is 50.1 Å². The molecule has 8 N–H and O–H groups in total. The van der Waals surface area contributed by atoms with Crippen molar-refractivity contribution in [1.29, 1.82) is 0 Å². The van der Waals surface area contributed by atoms with Crippen molar-refractivity contribution in [3.8, 4) is 109 Å². The van der Waals surface area contributed by atoms with Crippen LogP contribution in [0, 0.1) is 6.92 Å². The van der Waals surface area contributed by atoms with Gasteiger partial charge in [0.2, 0.25) is 0 Å². The van der Waals surface area contributed by atoms with Crippen molar-refractivity contribution >= 4 is 43.9 Å². The molecule has 0 aliphatic carbocycles. The molecule has 27 heteroatoms. The first-order valence-electron chi connectivity index (χ1n) is 32.6. The topological polar surface area (TPSA) is 384 Å². The smallest absolute Gasteiger partial charge is 0.197 e. The SMILES string of the molecule is COc1cc(-c2cc(=O)c3c(OC)c(CO)c(CO)c(OC)c3o2)ccc1C.COc1ccc(-c2cc(=O)c3c(OC)c(CO)c(CO)c(OC)c3o2)cc1.COc1ccc(-c2cc(=O)c3c(OC)c(CO)c(CO)cc3o2)cc1.COc1ccc(-c2cc(=O)c3c(OC)c(CO)c(CO)cc3o2)cc1OC. The zero-order valence-electron chi connectivity index (χ0n) is 60.5. The molecule has 4 heterocycles. The Bertz CT molecular complexity index is 5440. The molecule has 0 fully saturated rings. The molecule has 0 aliphatic rings. The van der Waals surface area contributed by atoms with Crippen molar-refractivity contribution in [1.82, 2.24) is 0 Å². The summed E-state index contributed by atoms with van der Waals surface area (Å²) in [6, 6.07) is 33.3. The Morgan fingerprint density at radius 2 is 0.570 bits per heavy atom. The second-order valence-corrected chi connectivity index (χ2v) is 23.2.